The summed E-state index contributed by atoms with van der Waals surface area (Å²) in [5.74, 6) is -0.183. The van der Waals surface area contributed by atoms with Gasteiger partial charge in [-0.15, -0.1) is 0 Å². The molecule has 3 unspecified atom stereocenters. The average Bonchev–Trinajstić information content (AvgIpc) is 3.42. The molecule has 0 spiro atoms. The van der Waals surface area contributed by atoms with Crippen molar-refractivity contribution in [2.45, 2.75) is 373 Å². The minimum atomic E-state index is -4.36. The monoisotopic (exact) mass is 1150 g/mol. The Balaban J connectivity index is 3.98. The highest BCUT2D eigenvalue weighted by Gasteiger charge is 2.28. The van der Waals surface area contributed by atoms with Crippen molar-refractivity contribution in [3.63, 3.8) is 0 Å². The SMILES string of the molecule is CCCCCCCCCCCCC/C=C/CC/C=C/CC/C=C/C(O)C(COP(=O)(O)OCC[N+](C)(C)C)NC(=O)CCCCCCCCCCCCCCCCCCCCCCCCCCCCCCCCCCCCCCC. The summed E-state index contributed by atoms with van der Waals surface area (Å²) in [5, 5.41) is 14.0. The Bertz CT molecular complexity index is 1400. The molecule has 0 aliphatic carbocycles. The van der Waals surface area contributed by atoms with E-state index in [1.54, 1.807) is 6.08 Å². The second-order valence-corrected chi connectivity index (χ2v) is 27.1. The van der Waals surface area contributed by atoms with Crippen molar-refractivity contribution >= 4 is 13.7 Å². The van der Waals surface area contributed by atoms with Crippen molar-refractivity contribution in [2.24, 2.45) is 0 Å². The maximum absolute atomic E-state index is 13.0. The fraction of sp³-hybridized carbons (Fsp3) is 0.901. The maximum Gasteiger partial charge on any atom is 0.472 e. The fourth-order valence-electron chi connectivity index (χ4n) is 10.8. The second kappa shape index (κ2) is 62.3. The van der Waals surface area contributed by atoms with Crippen molar-refractivity contribution < 1.29 is 32.9 Å². The zero-order valence-electron chi connectivity index (χ0n) is 54.3. The number of phosphoric acid groups is 1. The Morgan fingerprint density at radius 1 is 0.412 bits per heavy atom. The lowest BCUT2D eigenvalue weighted by atomic mass is 10.0. The third-order valence-corrected chi connectivity index (χ3v) is 17.3. The third kappa shape index (κ3) is 64.3. The molecule has 0 heterocycles. The molecule has 0 aromatic heterocycles. The van der Waals surface area contributed by atoms with E-state index in [4.69, 9.17) is 9.05 Å². The van der Waals surface area contributed by atoms with Crippen LogP contribution in [0.2, 0.25) is 0 Å². The van der Waals surface area contributed by atoms with Crippen molar-refractivity contribution in [3.05, 3.63) is 36.5 Å². The molecule has 1 amide bonds. The lowest BCUT2D eigenvalue weighted by Gasteiger charge is -2.25. The number of carbonyl (C=O) groups excluding carboxylic acids is 1. The topological polar surface area (TPSA) is 105 Å². The van der Waals surface area contributed by atoms with Gasteiger partial charge in [-0.3, -0.25) is 13.8 Å². The van der Waals surface area contributed by atoms with Crippen LogP contribution in [0.5, 0.6) is 0 Å². The molecule has 8 nitrogen and oxygen atoms in total. The minimum Gasteiger partial charge on any atom is -0.387 e. The largest absolute Gasteiger partial charge is 0.472 e. The lowest BCUT2D eigenvalue weighted by Crippen LogP contribution is -2.45. The van der Waals surface area contributed by atoms with E-state index in [1.165, 1.54) is 295 Å². The van der Waals surface area contributed by atoms with E-state index in [9.17, 15) is 19.4 Å². The zero-order valence-corrected chi connectivity index (χ0v) is 55.2. The number of nitrogens with one attached hydrogen (secondary N) is 1. The standard InChI is InChI=1S/C71H139N2O6P/c1-6-8-10-12-14-16-18-20-22-24-26-28-29-30-31-32-33-34-35-36-37-38-39-40-41-42-43-45-47-49-51-53-55-57-59-61-63-65-71(75)72-69(68-79-80(76,77)78-67-66-73(3,4)5)70(74)64-62-60-58-56-54-52-50-48-46-44-27-25-23-21-19-17-15-13-11-9-7-2/h46,48,54,56,62,64,69-70,74H,6-45,47,49-53,55,57-61,63,65-68H2,1-5H3,(H-,72,75,76,77)/p+1/b48-46+,56-54+,64-62+. The number of unbranched alkanes of at least 4 members (excludes halogenated alkanes) is 49. The van der Waals surface area contributed by atoms with E-state index in [0.717, 1.165) is 44.9 Å². The number of likely N-dealkylation sites (N-methyl/N-ethyl adjacent to an activating group) is 1. The van der Waals surface area contributed by atoms with E-state index in [1.807, 2.05) is 27.2 Å². The Morgan fingerprint density at radius 3 is 1.00 bits per heavy atom. The van der Waals surface area contributed by atoms with E-state index >= 15 is 0 Å². The van der Waals surface area contributed by atoms with E-state index in [0.29, 0.717) is 17.4 Å². The summed E-state index contributed by atoms with van der Waals surface area (Å²) in [5.41, 5.74) is 0. The first kappa shape index (κ1) is 78.7. The molecule has 9 heteroatoms. The van der Waals surface area contributed by atoms with Crippen LogP contribution in [0.3, 0.4) is 0 Å². The van der Waals surface area contributed by atoms with E-state index in [2.05, 4.69) is 43.5 Å². The van der Waals surface area contributed by atoms with Crippen LogP contribution in [-0.2, 0) is 18.4 Å². The molecule has 80 heavy (non-hydrogen) atoms. The summed E-state index contributed by atoms with van der Waals surface area (Å²) >= 11 is 0. The molecule has 0 aliphatic rings. The Morgan fingerprint density at radius 2 is 0.688 bits per heavy atom. The number of rotatable bonds is 66. The minimum absolute atomic E-state index is 0.0553. The van der Waals surface area contributed by atoms with Gasteiger partial charge in [-0.05, 0) is 44.9 Å². The predicted molar refractivity (Wildman–Crippen MR) is 351 cm³/mol. The van der Waals surface area contributed by atoms with Crippen LogP contribution < -0.4 is 5.32 Å². The van der Waals surface area contributed by atoms with Crippen LogP contribution in [0.15, 0.2) is 36.5 Å². The molecule has 3 atom stereocenters. The normalized spacial score (nSPS) is 13.8. The van der Waals surface area contributed by atoms with Crippen molar-refractivity contribution in [1.29, 1.82) is 0 Å². The summed E-state index contributed by atoms with van der Waals surface area (Å²) < 4.78 is 23.8. The van der Waals surface area contributed by atoms with Crippen LogP contribution in [-0.4, -0.2) is 73.4 Å². The van der Waals surface area contributed by atoms with Crippen molar-refractivity contribution in [3.8, 4) is 0 Å². The molecule has 0 bridgehead atoms. The van der Waals surface area contributed by atoms with Crippen LogP contribution in [0, 0.1) is 0 Å². The molecule has 0 saturated carbocycles. The number of aliphatic hydroxyl groups is 1. The number of hydrogen-bond donors (Lipinski definition) is 3. The number of allylic oxidation sites excluding steroid dienone is 5. The average molecular weight is 1150 g/mol. The summed E-state index contributed by atoms with van der Waals surface area (Å²) in [6.07, 6.45) is 83.2. The number of carbonyl (C=O) groups is 1. The zero-order chi connectivity index (χ0) is 58.4. The molecule has 0 rings (SSSR count). The number of quaternary nitrogens is 1. The summed E-state index contributed by atoms with van der Waals surface area (Å²) in [6.45, 7) is 4.84. The second-order valence-electron chi connectivity index (χ2n) is 25.6. The maximum atomic E-state index is 13.0. The molecule has 0 aliphatic heterocycles. The first-order valence-corrected chi connectivity index (χ1v) is 36.9. The number of nitrogens with zero attached hydrogens (tertiary/aromatic N) is 1. The number of phosphoric ester groups is 1. The molecule has 0 saturated heterocycles. The number of aliphatic hydroxyl groups excluding tert-OH is 1. The lowest BCUT2D eigenvalue weighted by molar-refractivity contribution is -0.870. The van der Waals surface area contributed by atoms with Gasteiger partial charge in [0.05, 0.1) is 39.9 Å². The Labute approximate surface area is 499 Å². The van der Waals surface area contributed by atoms with Gasteiger partial charge in [0.15, 0.2) is 0 Å². The molecule has 0 radical (unpaired) electrons. The quantitative estimate of drug-likeness (QED) is 0.0243. The van der Waals surface area contributed by atoms with Gasteiger partial charge in [0, 0.05) is 6.42 Å². The first-order valence-electron chi connectivity index (χ1n) is 35.4. The van der Waals surface area contributed by atoms with Crippen molar-refractivity contribution in [2.75, 3.05) is 40.9 Å². The van der Waals surface area contributed by atoms with E-state index < -0.39 is 20.0 Å². The molecule has 3 N–H and O–H groups in total. The van der Waals surface area contributed by atoms with Crippen molar-refractivity contribution in [1.82, 2.24) is 5.32 Å². The van der Waals surface area contributed by atoms with Crippen LogP contribution >= 0.6 is 7.82 Å². The first-order chi connectivity index (χ1) is 39.0. The highest BCUT2D eigenvalue weighted by molar-refractivity contribution is 7.47. The van der Waals surface area contributed by atoms with Crippen LogP contribution in [0.25, 0.3) is 0 Å². The highest BCUT2D eigenvalue weighted by atomic mass is 31.2. The third-order valence-electron chi connectivity index (χ3n) is 16.3. The fourth-order valence-corrected chi connectivity index (χ4v) is 11.6. The summed E-state index contributed by atoms with van der Waals surface area (Å²) in [6, 6.07) is -0.869. The van der Waals surface area contributed by atoms with Crippen LogP contribution in [0.4, 0.5) is 0 Å². The summed E-state index contributed by atoms with van der Waals surface area (Å²) in [7, 11) is 1.56. The van der Waals surface area contributed by atoms with Gasteiger partial charge in [0.1, 0.15) is 13.2 Å². The Hall–Kier alpha value is -1.28. The van der Waals surface area contributed by atoms with Gasteiger partial charge in [0.25, 0.3) is 0 Å². The molecule has 474 valence electrons. The molecule has 0 aromatic carbocycles. The van der Waals surface area contributed by atoms with Gasteiger partial charge in [-0.2, -0.15) is 0 Å². The van der Waals surface area contributed by atoms with Gasteiger partial charge in [-0.1, -0.05) is 346 Å². The van der Waals surface area contributed by atoms with E-state index in [-0.39, 0.29) is 19.1 Å². The predicted octanol–water partition coefficient (Wildman–Crippen LogP) is 22.4. The van der Waals surface area contributed by atoms with Gasteiger partial charge >= 0.3 is 7.82 Å². The Kier molecular flexibility index (Phi) is 61.3. The van der Waals surface area contributed by atoms with Gasteiger partial charge < -0.3 is 19.8 Å². The number of hydrogen-bond acceptors (Lipinski definition) is 5. The molecule has 0 fully saturated rings. The molecule has 0 aromatic rings. The summed E-state index contributed by atoms with van der Waals surface area (Å²) in [4.78, 5) is 23.4. The number of amides is 1. The van der Waals surface area contributed by atoms with Gasteiger partial charge in [0.2, 0.25) is 5.91 Å². The molecular formula is C71H140N2O6P+. The smallest absolute Gasteiger partial charge is 0.387 e. The molecular weight excluding hydrogens is 1010 g/mol. The highest BCUT2D eigenvalue weighted by Crippen LogP contribution is 2.43. The van der Waals surface area contributed by atoms with Crippen LogP contribution in [0.1, 0.15) is 361 Å². The van der Waals surface area contributed by atoms with Gasteiger partial charge in [-0.25, -0.2) is 4.57 Å².